The van der Waals surface area contributed by atoms with Crippen LogP contribution in [0.5, 0.6) is 0 Å². The molecule has 0 aliphatic rings. The van der Waals surface area contributed by atoms with Crippen LogP contribution >= 0.6 is 11.3 Å². The summed E-state index contributed by atoms with van der Waals surface area (Å²) < 4.78 is 0. The van der Waals surface area contributed by atoms with Crippen molar-refractivity contribution in [3.05, 3.63) is 61.8 Å². The Kier molecular flexibility index (Phi) is 4.37. The predicted octanol–water partition coefficient (Wildman–Crippen LogP) is 3.80. The van der Waals surface area contributed by atoms with Crippen LogP contribution in [0.4, 0.5) is 5.69 Å². The Labute approximate surface area is 127 Å². The second-order valence-corrected chi connectivity index (χ2v) is 5.85. The number of carbonyl (C=O) groups excluding carboxylic acids is 1. The van der Waals surface area contributed by atoms with Crippen molar-refractivity contribution in [2.45, 2.75) is 19.9 Å². The SMILES string of the molecule is Cc1ccc(C(=O)N(C)[C@@H](C)c2cccs2)cc1[N+](=O)[O-]. The number of hydrogen-bond donors (Lipinski definition) is 0. The molecule has 5 nitrogen and oxygen atoms in total. The lowest BCUT2D eigenvalue weighted by molar-refractivity contribution is -0.385. The molecular formula is C15H16N2O3S. The number of carbonyl (C=O) groups is 1. The molecule has 0 radical (unpaired) electrons. The first kappa shape index (κ1) is 15.2. The van der Waals surface area contributed by atoms with Crippen LogP contribution < -0.4 is 0 Å². The summed E-state index contributed by atoms with van der Waals surface area (Å²) in [5, 5.41) is 12.9. The van der Waals surface area contributed by atoms with Gasteiger partial charge in [0.1, 0.15) is 0 Å². The number of nitro groups is 1. The molecule has 0 fully saturated rings. The van der Waals surface area contributed by atoms with Crippen molar-refractivity contribution in [3.8, 4) is 0 Å². The summed E-state index contributed by atoms with van der Waals surface area (Å²) in [5.41, 5.74) is 0.849. The van der Waals surface area contributed by atoms with E-state index < -0.39 is 4.92 Å². The molecule has 1 atom stereocenters. The van der Waals surface area contributed by atoms with Gasteiger partial charge in [-0.1, -0.05) is 12.1 Å². The van der Waals surface area contributed by atoms with E-state index in [1.807, 2.05) is 24.4 Å². The van der Waals surface area contributed by atoms with E-state index in [1.165, 1.54) is 6.07 Å². The van der Waals surface area contributed by atoms with Gasteiger partial charge in [-0.3, -0.25) is 14.9 Å². The van der Waals surface area contributed by atoms with Crippen LogP contribution in [0.2, 0.25) is 0 Å². The standard InChI is InChI=1S/C15H16N2O3S/c1-10-6-7-12(9-13(10)17(19)20)15(18)16(3)11(2)14-5-4-8-21-14/h4-9,11H,1-3H3/t11-/m0/s1. The maximum atomic E-state index is 12.5. The van der Waals surface area contributed by atoms with E-state index in [9.17, 15) is 14.9 Å². The zero-order valence-electron chi connectivity index (χ0n) is 12.1. The Morgan fingerprint density at radius 2 is 2.10 bits per heavy atom. The topological polar surface area (TPSA) is 63.5 Å². The summed E-state index contributed by atoms with van der Waals surface area (Å²) in [4.78, 5) is 25.7. The predicted molar refractivity (Wildman–Crippen MR) is 82.7 cm³/mol. The lowest BCUT2D eigenvalue weighted by Crippen LogP contribution is -2.29. The first-order chi connectivity index (χ1) is 9.91. The van der Waals surface area contributed by atoms with Gasteiger partial charge in [-0.05, 0) is 31.4 Å². The van der Waals surface area contributed by atoms with E-state index >= 15 is 0 Å². The van der Waals surface area contributed by atoms with Gasteiger partial charge in [0, 0.05) is 29.1 Å². The van der Waals surface area contributed by atoms with Gasteiger partial charge in [-0.2, -0.15) is 0 Å². The number of benzene rings is 1. The van der Waals surface area contributed by atoms with Crippen molar-refractivity contribution < 1.29 is 9.72 Å². The third kappa shape index (κ3) is 3.11. The van der Waals surface area contributed by atoms with Crippen LogP contribution in [-0.2, 0) is 0 Å². The van der Waals surface area contributed by atoms with E-state index in [2.05, 4.69) is 0 Å². The molecule has 0 saturated heterocycles. The molecule has 110 valence electrons. The molecule has 0 aliphatic heterocycles. The molecule has 2 aromatic rings. The van der Waals surface area contributed by atoms with Gasteiger partial charge in [0.15, 0.2) is 0 Å². The molecule has 6 heteroatoms. The van der Waals surface area contributed by atoms with Crippen molar-refractivity contribution >= 4 is 22.9 Å². The quantitative estimate of drug-likeness (QED) is 0.637. The first-order valence-electron chi connectivity index (χ1n) is 6.47. The van der Waals surface area contributed by atoms with Crippen molar-refractivity contribution in [1.82, 2.24) is 4.90 Å². The summed E-state index contributed by atoms with van der Waals surface area (Å²) in [6.45, 7) is 3.59. The number of amides is 1. The number of hydrogen-bond acceptors (Lipinski definition) is 4. The minimum Gasteiger partial charge on any atom is -0.334 e. The Balaban J connectivity index is 2.27. The molecule has 1 amide bonds. The van der Waals surface area contributed by atoms with E-state index in [4.69, 9.17) is 0 Å². The number of nitro benzene ring substituents is 1. The minimum atomic E-state index is -0.463. The van der Waals surface area contributed by atoms with Crippen molar-refractivity contribution in [1.29, 1.82) is 0 Å². The van der Waals surface area contributed by atoms with Gasteiger partial charge in [0.05, 0.1) is 11.0 Å². The lowest BCUT2D eigenvalue weighted by Gasteiger charge is -2.24. The Morgan fingerprint density at radius 3 is 2.67 bits per heavy atom. The normalized spacial score (nSPS) is 12.0. The van der Waals surface area contributed by atoms with Crippen LogP contribution in [0.25, 0.3) is 0 Å². The zero-order valence-corrected chi connectivity index (χ0v) is 12.9. The van der Waals surface area contributed by atoms with E-state index in [0.717, 1.165) is 4.88 Å². The Bertz CT molecular complexity index is 668. The molecule has 2 rings (SSSR count). The van der Waals surface area contributed by atoms with Gasteiger partial charge in [0.25, 0.3) is 11.6 Å². The van der Waals surface area contributed by atoms with E-state index in [-0.39, 0.29) is 17.6 Å². The van der Waals surface area contributed by atoms with Crippen molar-refractivity contribution in [2.75, 3.05) is 7.05 Å². The highest BCUT2D eigenvalue weighted by Crippen LogP contribution is 2.26. The van der Waals surface area contributed by atoms with E-state index in [0.29, 0.717) is 11.1 Å². The molecule has 0 N–H and O–H groups in total. The van der Waals surface area contributed by atoms with Crippen LogP contribution in [0.1, 0.15) is 33.8 Å². The summed E-state index contributed by atoms with van der Waals surface area (Å²) in [6.07, 6.45) is 0. The molecule has 0 bridgehead atoms. The summed E-state index contributed by atoms with van der Waals surface area (Å²) >= 11 is 1.58. The highest BCUT2D eigenvalue weighted by Gasteiger charge is 2.22. The van der Waals surface area contributed by atoms with Gasteiger partial charge in [-0.25, -0.2) is 0 Å². The molecule has 0 aliphatic carbocycles. The van der Waals surface area contributed by atoms with Gasteiger partial charge in [0.2, 0.25) is 0 Å². The third-order valence-corrected chi connectivity index (χ3v) is 4.55. The zero-order chi connectivity index (χ0) is 15.6. The largest absolute Gasteiger partial charge is 0.334 e. The highest BCUT2D eigenvalue weighted by molar-refractivity contribution is 7.10. The van der Waals surface area contributed by atoms with Crippen LogP contribution in [0.3, 0.4) is 0 Å². The van der Waals surface area contributed by atoms with Crippen molar-refractivity contribution in [2.24, 2.45) is 0 Å². The van der Waals surface area contributed by atoms with Crippen LogP contribution in [-0.4, -0.2) is 22.8 Å². The Morgan fingerprint density at radius 1 is 1.38 bits per heavy atom. The van der Waals surface area contributed by atoms with Crippen LogP contribution in [0, 0.1) is 17.0 Å². The maximum Gasteiger partial charge on any atom is 0.273 e. The van der Waals surface area contributed by atoms with Crippen LogP contribution in [0.15, 0.2) is 35.7 Å². The smallest absolute Gasteiger partial charge is 0.273 e. The lowest BCUT2D eigenvalue weighted by atomic mass is 10.1. The molecule has 1 heterocycles. The number of thiophene rings is 1. The summed E-state index contributed by atoms with van der Waals surface area (Å²) in [5.74, 6) is -0.223. The maximum absolute atomic E-state index is 12.5. The fourth-order valence-corrected chi connectivity index (χ4v) is 2.86. The molecule has 0 saturated carbocycles. The average molecular weight is 304 g/mol. The Hall–Kier alpha value is -2.21. The second-order valence-electron chi connectivity index (χ2n) is 4.87. The van der Waals surface area contributed by atoms with E-state index in [1.54, 1.807) is 42.3 Å². The highest BCUT2D eigenvalue weighted by atomic mass is 32.1. The first-order valence-corrected chi connectivity index (χ1v) is 7.35. The molecule has 1 aromatic heterocycles. The number of rotatable bonds is 4. The van der Waals surface area contributed by atoms with Gasteiger partial charge in [-0.15, -0.1) is 11.3 Å². The molecule has 0 spiro atoms. The number of aryl methyl sites for hydroxylation is 1. The molecular weight excluding hydrogens is 288 g/mol. The fraction of sp³-hybridized carbons (Fsp3) is 0.267. The summed E-state index contributed by atoms with van der Waals surface area (Å²) in [7, 11) is 1.71. The number of nitrogens with zero attached hydrogens (tertiary/aromatic N) is 2. The second kappa shape index (κ2) is 6.05. The van der Waals surface area contributed by atoms with Crippen molar-refractivity contribution in [3.63, 3.8) is 0 Å². The fourth-order valence-electron chi connectivity index (χ4n) is 2.04. The molecule has 0 unspecified atom stereocenters. The monoisotopic (exact) mass is 304 g/mol. The minimum absolute atomic E-state index is 0.0296. The molecule has 21 heavy (non-hydrogen) atoms. The summed E-state index contributed by atoms with van der Waals surface area (Å²) in [6, 6.07) is 8.41. The molecule has 1 aromatic carbocycles. The third-order valence-electron chi connectivity index (χ3n) is 3.51. The van der Waals surface area contributed by atoms with Gasteiger partial charge < -0.3 is 4.90 Å². The van der Waals surface area contributed by atoms with Gasteiger partial charge >= 0.3 is 0 Å². The average Bonchev–Trinajstić information content (AvgIpc) is 2.99.